The van der Waals surface area contributed by atoms with Gasteiger partial charge in [0.15, 0.2) is 0 Å². The van der Waals surface area contributed by atoms with Crippen molar-refractivity contribution in [2.24, 2.45) is 5.92 Å². The molecule has 2 heterocycles. The number of carbonyl (C=O) groups excluding carboxylic acids is 1. The Bertz CT molecular complexity index is 757. The van der Waals surface area contributed by atoms with Gasteiger partial charge in [0.1, 0.15) is 5.82 Å². The van der Waals surface area contributed by atoms with Crippen LogP contribution >= 0.6 is 12.4 Å². The second-order valence-electron chi connectivity index (χ2n) is 7.49. The van der Waals surface area contributed by atoms with E-state index < -0.39 is 15.8 Å². The molecule has 1 unspecified atom stereocenters. The molecule has 3 rings (SSSR count). The molecule has 158 valence electrons. The molecule has 28 heavy (non-hydrogen) atoms. The normalized spacial score (nSPS) is 21.2. The predicted octanol–water partition coefficient (Wildman–Crippen LogP) is 2.30. The van der Waals surface area contributed by atoms with Crippen LogP contribution in [-0.2, 0) is 14.8 Å². The van der Waals surface area contributed by atoms with Crippen LogP contribution in [-0.4, -0.2) is 51.4 Å². The summed E-state index contributed by atoms with van der Waals surface area (Å²) in [7, 11) is -3.80. The Kier molecular flexibility index (Phi) is 8.67. The molecule has 2 fully saturated rings. The number of hydrogen-bond acceptors (Lipinski definition) is 4. The van der Waals surface area contributed by atoms with Gasteiger partial charge < -0.3 is 10.2 Å². The monoisotopic (exact) mass is 433 g/mol. The summed E-state index contributed by atoms with van der Waals surface area (Å²) >= 11 is 0. The lowest BCUT2D eigenvalue weighted by atomic mass is 9.93. The van der Waals surface area contributed by atoms with Gasteiger partial charge >= 0.3 is 0 Å². The van der Waals surface area contributed by atoms with E-state index in [0.29, 0.717) is 31.8 Å². The average molecular weight is 434 g/mol. The van der Waals surface area contributed by atoms with Gasteiger partial charge in [0.2, 0.25) is 15.9 Å². The molecular weight excluding hydrogens is 405 g/mol. The van der Waals surface area contributed by atoms with E-state index in [4.69, 9.17) is 0 Å². The van der Waals surface area contributed by atoms with Gasteiger partial charge in [-0.2, -0.15) is 0 Å². The van der Waals surface area contributed by atoms with Crippen molar-refractivity contribution in [2.75, 3.05) is 26.2 Å². The van der Waals surface area contributed by atoms with Gasteiger partial charge in [-0.3, -0.25) is 4.79 Å². The van der Waals surface area contributed by atoms with Crippen LogP contribution in [0.1, 0.15) is 38.5 Å². The first kappa shape index (κ1) is 23.1. The minimum atomic E-state index is -3.80. The standard InChI is InChI=1S/C19H28FN3O3S.ClH/c20-16-3-1-5-18(13-16)27(25,26)22-17-4-2-12-23(14-17)19(24)7-6-15-8-10-21-11-9-15;/h1,3,5,13,15,17,21-22H,2,4,6-12,14H2;1H. The molecule has 2 aliphatic heterocycles. The summed E-state index contributed by atoms with van der Waals surface area (Å²) in [5.41, 5.74) is 0. The number of benzene rings is 1. The first-order valence-corrected chi connectivity index (χ1v) is 11.2. The fourth-order valence-electron chi connectivity index (χ4n) is 3.88. The number of nitrogens with zero attached hydrogens (tertiary/aromatic N) is 1. The average Bonchev–Trinajstić information content (AvgIpc) is 2.67. The van der Waals surface area contributed by atoms with E-state index in [1.54, 1.807) is 4.90 Å². The maximum absolute atomic E-state index is 13.3. The second-order valence-corrected chi connectivity index (χ2v) is 9.20. The van der Waals surface area contributed by atoms with Crippen LogP contribution in [0, 0.1) is 11.7 Å². The summed E-state index contributed by atoms with van der Waals surface area (Å²) in [6, 6.07) is 4.63. The number of halogens is 2. The van der Waals surface area contributed by atoms with E-state index in [2.05, 4.69) is 10.0 Å². The van der Waals surface area contributed by atoms with Gasteiger partial charge in [-0.15, -0.1) is 12.4 Å². The Balaban J connectivity index is 0.00000280. The molecule has 0 bridgehead atoms. The van der Waals surface area contributed by atoms with Crippen LogP contribution in [0.3, 0.4) is 0 Å². The summed E-state index contributed by atoms with van der Waals surface area (Å²) in [4.78, 5) is 14.2. The van der Waals surface area contributed by atoms with E-state index >= 15 is 0 Å². The van der Waals surface area contributed by atoms with Crippen molar-refractivity contribution in [3.05, 3.63) is 30.1 Å². The summed E-state index contributed by atoms with van der Waals surface area (Å²) in [6.45, 7) is 3.09. The zero-order valence-corrected chi connectivity index (χ0v) is 17.5. The number of hydrogen-bond donors (Lipinski definition) is 2. The third kappa shape index (κ3) is 6.40. The summed E-state index contributed by atoms with van der Waals surface area (Å²) < 4.78 is 40.9. The highest BCUT2D eigenvalue weighted by atomic mass is 35.5. The molecular formula is C19H29ClFN3O3S. The molecule has 0 spiro atoms. The van der Waals surface area contributed by atoms with Crippen molar-refractivity contribution >= 4 is 28.3 Å². The number of carbonyl (C=O) groups is 1. The minimum Gasteiger partial charge on any atom is -0.341 e. The number of amides is 1. The number of rotatable bonds is 6. The fourth-order valence-corrected chi connectivity index (χ4v) is 5.17. The Labute approximate surface area is 172 Å². The Morgan fingerprint density at radius 3 is 2.71 bits per heavy atom. The molecule has 1 aromatic carbocycles. The topological polar surface area (TPSA) is 78.5 Å². The van der Waals surface area contributed by atoms with Crippen LogP contribution < -0.4 is 10.0 Å². The molecule has 2 N–H and O–H groups in total. The molecule has 0 aliphatic carbocycles. The molecule has 9 heteroatoms. The zero-order chi connectivity index (χ0) is 19.3. The summed E-state index contributed by atoms with van der Waals surface area (Å²) in [5.74, 6) is 0.113. The fraction of sp³-hybridized carbons (Fsp3) is 0.632. The van der Waals surface area contributed by atoms with Crippen LogP contribution in [0.25, 0.3) is 0 Å². The maximum Gasteiger partial charge on any atom is 0.240 e. The first-order chi connectivity index (χ1) is 12.9. The first-order valence-electron chi connectivity index (χ1n) is 9.70. The Hall–Kier alpha value is -1.22. The third-order valence-electron chi connectivity index (χ3n) is 5.43. The van der Waals surface area contributed by atoms with E-state index in [0.717, 1.165) is 44.8 Å². The van der Waals surface area contributed by atoms with Gasteiger partial charge in [0.25, 0.3) is 0 Å². The SMILES string of the molecule is Cl.O=C(CCC1CCNCC1)N1CCCC(NS(=O)(=O)c2cccc(F)c2)C1. The van der Waals surface area contributed by atoms with Crippen LogP contribution in [0.5, 0.6) is 0 Å². The summed E-state index contributed by atoms with van der Waals surface area (Å²) in [5, 5.41) is 3.33. The quantitative estimate of drug-likeness (QED) is 0.721. The molecule has 0 saturated carbocycles. The number of sulfonamides is 1. The van der Waals surface area contributed by atoms with E-state index in [-0.39, 0.29) is 29.3 Å². The lowest BCUT2D eigenvalue weighted by Crippen LogP contribution is -2.49. The van der Waals surface area contributed by atoms with Crippen LogP contribution in [0.4, 0.5) is 4.39 Å². The van der Waals surface area contributed by atoms with Crippen molar-refractivity contribution in [1.29, 1.82) is 0 Å². The van der Waals surface area contributed by atoms with Crippen molar-refractivity contribution in [2.45, 2.75) is 49.5 Å². The van der Waals surface area contributed by atoms with Crippen molar-refractivity contribution in [3.8, 4) is 0 Å². The van der Waals surface area contributed by atoms with Crippen LogP contribution in [0.2, 0.25) is 0 Å². The molecule has 2 aliphatic rings. The number of likely N-dealkylation sites (tertiary alicyclic amines) is 1. The highest BCUT2D eigenvalue weighted by Gasteiger charge is 2.28. The van der Waals surface area contributed by atoms with Crippen molar-refractivity contribution in [1.82, 2.24) is 14.9 Å². The zero-order valence-electron chi connectivity index (χ0n) is 15.9. The molecule has 1 amide bonds. The lowest BCUT2D eigenvalue weighted by Gasteiger charge is -2.33. The molecule has 0 radical (unpaired) electrons. The third-order valence-corrected chi connectivity index (χ3v) is 6.95. The van der Waals surface area contributed by atoms with E-state index in [9.17, 15) is 17.6 Å². The molecule has 1 aromatic rings. The van der Waals surface area contributed by atoms with Gasteiger partial charge in [-0.05, 0) is 69.3 Å². The predicted molar refractivity (Wildman–Crippen MR) is 108 cm³/mol. The van der Waals surface area contributed by atoms with Crippen molar-refractivity contribution < 1.29 is 17.6 Å². The molecule has 2 saturated heterocycles. The largest absolute Gasteiger partial charge is 0.341 e. The molecule has 1 atom stereocenters. The smallest absolute Gasteiger partial charge is 0.240 e. The highest BCUT2D eigenvalue weighted by molar-refractivity contribution is 7.89. The molecule has 6 nitrogen and oxygen atoms in total. The van der Waals surface area contributed by atoms with E-state index in [1.807, 2.05) is 0 Å². The van der Waals surface area contributed by atoms with Gasteiger partial charge in [0, 0.05) is 25.6 Å². The maximum atomic E-state index is 13.3. The number of nitrogens with one attached hydrogen (secondary N) is 2. The minimum absolute atomic E-state index is 0. The number of piperidine rings is 2. The Morgan fingerprint density at radius 2 is 2.00 bits per heavy atom. The lowest BCUT2D eigenvalue weighted by molar-refractivity contribution is -0.132. The highest BCUT2D eigenvalue weighted by Crippen LogP contribution is 2.20. The second kappa shape index (κ2) is 10.5. The van der Waals surface area contributed by atoms with Crippen LogP contribution in [0.15, 0.2) is 29.2 Å². The molecule has 0 aromatic heterocycles. The van der Waals surface area contributed by atoms with E-state index in [1.165, 1.54) is 18.2 Å². The Morgan fingerprint density at radius 1 is 1.25 bits per heavy atom. The summed E-state index contributed by atoms with van der Waals surface area (Å²) in [6.07, 6.45) is 5.08. The van der Waals surface area contributed by atoms with Gasteiger partial charge in [-0.25, -0.2) is 17.5 Å². The van der Waals surface area contributed by atoms with Gasteiger partial charge in [0.05, 0.1) is 4.90 Å². The van der Waals surface area contributed by atoms with Gasteiger partial charge in [-0.1, -0.05) is 6.07 Å². The van der Waals surface area contributed by atoms with Crippen molar-refractivity contribution in [3.63, 3.8) is 0 Å².